The molecule has 0 heterocycles. The predicted molar refractivity (Wildman–Crippen MR) is 153 cm³/mol. The molecule has 5 nitrogen and oxygen atoms in total. The van der Waals surface area contributed by atoms with Crippen molar-refractivity contribution in [2.24, 2.45) is 5.92 Å². The number of nitrogens with zero attached hydrogens (tertiary/aromatic N) is 1. The van der Waals surface area contributed by atoms with Gasteiger partial charge in [-0.25, -0.2) is 0 Å². The lowest BCUT2D eigenvalue weighted by Gasteiger charge is -2.32. The normalized spacial score (nSPS) is 11.8. The van der Waals surface area contributed by atoms with Gasteiger partial charge in [0.05, 0.1) is 0 Å². The monoisotopic (exact) mass is 528 g/mol. The molecule has 0 saturated heterocycles. The molecular weight excluding hydrogens is 496 g/mol. The fourth-order valence-electron chi connectivity index (χ4n) is 4.33. The highest BCUT2D eigenvalue weighted by Crippen LogP contribution is 2.26. The first kappa shape index (κ1) is 27.2. The summed E-state index contributed by atoms with van der Waals surface area (Å²) < 4.78 is 6.05. The van der Waals surface area contributed by atoms with Crippen molar-refractivity contribution in [3.63, 3.8) is 0 Å². The number of amides is 2. The Morgan fingerprint density at radius 2 is 1.55 bits per heavy atom. The first-order chi connectivity index (χ1) is 18.4. The zero-order valence-electron chi connectivity index (χ0n) is 21.8. The summed E-state index contributed by atoms with van der Waals surface area (Å²) in [6, 6.07) is 30.0. The molecule has 0 bridgehead atoms. The van der Waals surface area contributed by atoms with E-state index in [1.807, 2.05) is 105 Å². The Balaban J connectivity index is 1.64. The van der Waals surface area contributed by atoms with Crippen LogP contribution in [-0.4, -0.2) is 35.9 Å². The van der Waals surface area contributed by atoms with Crippen LogP contribution >= 0.6 is 11.6 Å². The van der Waals surface area contributed by atoms with Crippen molar-refractivity contribution < 1.29 is 14.3 Å². The number of fused-ring (bicyclic) bond motifs is 1. The van der Waals surface area contributed by atoms with Crippen molar-refractivity contribution in [2.45, 2.75) is 32.9 Å². The van der Waals surface area contributed by atoms with Crippen molar-refractivity contribution in [1.82, 2.24) is 10.2 Å². The van der Waals surface area contributed by atoms with Gasteiger partial charge >= 0.3 is 0 Å². The van der Waals surface area contributed by atoms with Crippen molar-refractivity contribution in [3.05, 3.63) is 113 Å². The third-order valence-electron chi connectivity index (χ3n) is 6.35. The highest BCUT2D eigenvalue weighted by molar-refractivity contribution is 6.31. The Hall–Kier alpha value is -3.83. The van der Waals surface area contributed by atoms with E-state index in [-0.39, 0.29) is 30.9 Å². The topological polar surface area (TPSA) is 58.6 Å². The van der Waals surface area contributed by atoms with E-state index >= 15 is 0 Å². The molecule has 6 heteroatoms. The van der Waals surface area contributed by atoms with Crippen molar-refractivity contribution in [1.29, 1.82) is 0 Å². The second-order valence-corrected chi connectivity index (χ2v) is 10.1. The summed E-state index contributed by atoms with van der Waals surface area (Å²) >= 11 is 6.49. The molecule has 4 aromatic rings. The van der Waals surface area contributed by atoms with Crippen molar-refractivity contribution >= 4 is 34.2 Å². The standard InChI is InChI=1S/C32H33ClN2O3/c1-23(2)20-34-32(37)29(19-24-11-4-3-5-12-24)35(21-26-14-7-9-17-28(26)33)31(36)22-38-30-18-10-15-25-13-6-8-16-27(25)30/h3-18,23,29H,19-22H2,1-2H3,(H,34,37). The number of halogens is 1. The molecular formula is C32H33ClN2O3. The summed E-state index contributed by atoms with van der Waals surface area (Å²) in [5, 5.41) is 5.53. The summed E-state index contributed by atoms with van der Waals surface area (Å²) in [5.74, 6) is 0.406. The number of rotatable bonds is 11. The van der Waals surface area contributed by atoms with Gasteiger partial charge in [-0.1, -0.05) is 110 Å². The molecule has 0 aliphatic heterocycles. The maximum absolute atomic E-state index is 13.8. The minimum Gasteiger partial charge on any atom is -0.483 e. The SMILES string of the molecule is CC(C)CNC(=O)C(Cc1ccccc1)N(Cc1ccccc1Cl)C(=O)COc1cccc2ccccc12. The van der Waals surface area contributed by atoms with E-state index in [2.05, 4.69) is 5.32 Å². The molecule has 0 aliphatic rings. The number of ether oxygens (including phenoxy) is 1. The van der Waals surface area contributed by atoms with Gasteiger partial charge < -0.3 is 15.0 Å². The van der Waals surface area contributed by atoms with E-state index in [4.69, 9.17) is 16.3 Å². The molecule has 196 valence electrons. The van der Waals surface area contributed by atoms with Gasteiger partial charge in [-0.2, -0.15) is 0 Å². The lowest BCUT2D eigenvalue weighted by Crippen LogP contribution is -2.52. The van der Waals surface area contributed by atoms with Crippen LogP contribution in [0.5, 0.6) is 5.75 Å². The van der Waals surface area contributed by atoms with E-state index < -0.39 is 6.04 Å². The van der Waals surface area contributed by atoms with Gasteiger partial charge in [0.15, 0.2) is 6.61 Å². The third-order valence-corrected chi connectivity index (χ3v) is 6.72. The lowest BCUT2D eigenvalue weighted by molar-refractivity contribution is -0.142. The fourth-order valence-corrected chi connectivity index (χ4v) is 4.53. The van der Waals surface area contributed by atoms with Crippen LogP contribution in [0.25, 0.3) is 10.8 Å². The van der Waals surface area contributed by atoms with E-state index in [1.165, 1.54) is 0 Å². The van der Waals surface area contributed by atoms with Gasteiger partial charge in [-0.3, -0.25) is 9.59 Å². The summed E-state index contributed by atoms with van der Waals surface area (Å²) in [7, 11) is 0. The average molecular weight is 529 g/mol. The molecule has 0 saturated carbocycles. The molecule has 1 atom stereocenters. The molecule has 0 radical (unpaired) electrons. The Bertz CT molecular complexity index is 1370. The summed E-state index contributed by atoms with van der Waals surface area (Å²) in [6.07, 6.45) is 0.370. The van der Waals surface area contributed by atoms with Crippen molar-refractivity contribution in [2.75, 3.05) is 13.2 Å². The Morgan fingerprint density at radius 1 is 0.868 bits per heavy atom. The van der Waals surface area contributed by atoms with Crippen LogP contribution in [0.2, 0.25) is 5.02 Å². The predicted octanol–water partition coefficient (Wildman–Crippen LogP) is 6.28. The smallest absolute Gasteiger partial charge is 0.261 e. The number of hydrogen-bond acceptors (Lipinski definition) is 3. The molecule has 2 amide bonds. The van der Waals surface area contributed by atoms with E-state index in [0.29, 0.717) is 23.7 Å². The van der Waals surface area contributed by atoms with E-state index in [0.717, 1.165) is 21.9 Å². The average Bonchev–Trinajstić information content (AvgIpc) is 2.93. The number of carbonyl (C=O) groups is 2. The molecule has 4 aromatic carbocycles. The van der Waals surface area contributed by atoms with E-state index in [9.17, 15) is 9.59 Å². The van der Waals surface area contributed by atoms with Crippen LogP contribution in [0.3, 0.4) is 0 Å². The Morgan fingerprint density at radius 3 is 2.32 bits per heavy atom. The summed E-state index contributed by atoms with van der Waals surface area (Å²) in [4.78, 5) is 29.0. The fraction of sp³-hybridized carbons (Fsp3) is 0.250. The second kappa shape index (κ2) is 13.1. The first-order valence-electron chi connectivity index (χ1n) is 12.9. The van der Waals surface area contributed by atoms with Crippen molar-refractivity contribution in [3.8, 4) is 5.75 Å². The zero-order chi connectivity index (χ0) is 26.9. The van der Waals surface area contributed by atoms with Gasteiger partial charge in [0.25, 0.3) is 5.91 Å². The third kappa shape index (κ3) is 7.14. The van der Waals surface area contributed by atoms with Crippen LogP contribution in [0, 0.1) is 5.92 Å². The summed E-state index contributed by atoms with van der Waals surface area (Å²) in [5.41, 5.74) is 1.73. The lowest BCUT2D eigenvalue weighted by atomic mass is 10.0. The summed E-state index contributed by atoms with van der Waals surface area (Å²) in [6.45, 7) is 4.57. The molecule has 0 fully saturated rings. The Labute approximate surface area is 229 Å². The molecule has 0 aromatic heterocycles. The number of carbonyl (C=O) groups excluding carboxylic acids is 2. The molecule has 1 N–H and O–H groups in total. The van der Waals surface area contributed by atoms with Gasteiger partial charge in [0.1, 0.15) is 11.8 Å². The van der Waals surface area contributed by atoms with Crippen LogP contribution < -0.4 is 10.1 Å². The molecule has 1 unspecified atom stereocenters. The van der Waals surface area contributed by atoms with Gasteiger partial charge in [-0.05, 0) is 34.6 Å². The number of benzene rings is 4. The molecule has 38 heavy (non-hydrogen) atoms. The van der Waals surface area contributed by atoms with Crippen LogP contribution in [0.4, 0.5) is 0 Å². The number of nitrogens with one attached hydrogen (secondary N) is 1. The highest BCUT2D eigenvalue weighted by Gasteiger charge is 2.31. The largest absolute Gasteiger partial charge is 0.483 e. The quantitative estimate of drug-likeness (QED) is 0.249. The van der Waals surface area contributed by atoms with Gasteiger partial charge in [0, 0.05) is 29.9 Å². The zero-order valence-corrected chi connectivity index (χ0v) is 22.5. The Kier molecular flexibility index (Phi) is 9.39. The maximum Gasteiger partial charge on any atom is 0.261 e. The minimum atomic E-state index is -0.740. The maximum atomic E-state index is 13.8. The number of hydrogen-bond donors (Lipinski definition) is 1. The van der Waals surface area contributed by atoms with Crippen LogP contribution in [0.1, 0.15) is 25.0 Å². The van der Waals surface area contributed by atoms with Gasteiger partial charge in [-0.15, -0.1) is 0 Å². The first-order valence-corrected chi connectivity index (χ1v) is 13.2. The van der Waals surface area contributed by atoms with Crippen LogP contribution in [-0.2, 0) is 22.6 Å². The molecule has 4 rings (SSSR count). The molecule has 0 aliphatic carbocycles. The van der Waals surface area contributed by atoms with E-state index in [1.54, 1.807) is 11.0 Å². The van der Waals surface area contributed by atoms with Gasteiger partial charge in [0.2, 0.25) is 5.91 Å². The minimum absolute atomic E-state index is 0.185. The molecule has 0 spiro atoms. The van der Waals surface area contributed by atoms with Crippen LogP contribution in [0.15, 0.2) is 97.1 Å². The second-order valence-electron chi connectivity index (χ2n) is 9.72. The highest BCUT2D eigenvalue weighted by atomic mass is 35.5.